The molecule has 0 spiro atoms. The normalized spacial score (nSPS) is 25.9. The van der Waals surface area contributed by atoms with Crippen molar-refractivity contribution in [2.45, 2.75) is 44.2 Å². The van der Waals surface area contributed by atoms with Crippen LogP contribution in [-0.2, 0) is 4.79 Å². The Morgan fingerprint density at radius 2 is 1.94 bits per heavy atom. The van der Waals surface area contributed by atoms with Gasteiger partial charge in [-0.05, 0) is 12.8 Å². The second-order valence-electron chi connectivity index (χ2n) is 4.61. The third kappa shape index (κ3) is 3.06. The molecule has 1 atom stereocenters. The van der Waals surface area contributed by atoms with Crippen molar-refractivity contribution in [3.8, 4) is 0 Å². The van der Waals surface area contributed by atoms with Crippen LogP contribution < -0.4 is 5.32 Å². The van der Waals surface area contributed by atoms with Crippen molar-refractivity contribution in [3.05, 3.63) is 0 Å². The van der Waals surface area contributed by atoms with Crippen molar-refractivity contribution >= 4 is 23.8 Å². The van der Waals surface area contributed by atoms with Crippen LogP contribution in [-0.4, -0.2) is 45.7 Å². The molecule has 0 radical (unpaired) electrons. The Kier molecular flexibility index (Phi) is 4.15. The number of amides is 2. The van der Waals surface area contributed by atoms with Gasteiger partial charge in [0, 0.05) is 11.8 Å². The number of nitrogens with zero attached hydrogens (tertiary/aromatic N) is 1. The number of carbonyl (C=O) groups is 2. The van der Waals surface area contributed by atoms with Crippen LogP contribution in [0, 0.1) is 0 Å². The molecule has 17 heavy (non-hydrogen) atoms. The van der Waals surface area contributed by atoms with Gasteiger partial charge in [0.2, 0.25) is 0 Å². The monoisotopic (exact) mass is 258 g/mol. The number of nitrogens with one attached hydrogen (secondary N) is 1. The molecule has 96 valence electrons. The predicted octanol–water partition coefficient (Wildman–Crippen LogP) is 1.49. The van der Waals surface area contributed by atoms with E-state index in [2.05, 4.69) is 5.32 Å². The summed E-state index contributed by atoms with van der Waals surface area (Å²) in [7, 11) is 0. The van der Waals surface area contributed by atoms with E-state index in [1.165, 1.54) is 23.1 Å². The first-order valence-corrected chi connectivity index (χ1v) is 7.21. The Labute approximate surface area is 105 Å². The first-order chi connectivity index (χ1) is 8.18. The topological polar surface area (TPSA) is 69.6 Å². The molecule has 1 saturated heterocycles. The molecule has 2 N–H and O–H groups in total. The van der Waals surface area contributed by atoms with Gasteiger partial charge in [-0.3, -0.25) is 0 Å². The molecule has 2 amide bonds. The lowest BCUT2D eigenvalue weighted by molar-refractivity contribution is -0.140. The number of hydrogen-bond donors (Lipinski definition) is 2. The van der Waals surface area contributed by atoms with Gasteiger partial charge in [-0.25, -0.2) is 9.59 Å². The Morgan fingerprint density at radius 1 is 1.24 bits per heavy atom. The third-order valence-corrected chi connectivity index (χ3v) is 4.37. The summed E-state index contributed by atoms with van der Waals surface area (Å²) in [5.41, 5.74) is 0. The van der Waals surface area contributed by atoms with Crippen LogP contribution in [0.4, 0.5) is 4.79 Å². The zero-order chi connectivity index (χ0) is 12.3. The van der Waals surface area contributed by atoms with Gasteiger partial charge in [0.25, 0.3) is 0 Å². The minimum absolute atomic E-state index is 0.214. The zero-order valence-corrected chi connectivity index (χ0v) is 10.5. The molecule has 0 bridgehead atoms. The van der Waals surface area contributed by atoms with Gasteiger partial charge < -0.3 is 15.3 Å². The summed E-state index contributed by atoms with van der Waals surface area (Å²) in [6.45, 7) is 0. The van der Waals surface area contributed by atoms with Crippen molar-refractivity contribution in [2.24, 2.45) is 0 Å². The van der Waals surface area contributed by atoms with Crippen LogP contribution in [0.15, 0.2) is 0 Å². The molecule has 1 heterocycles. The number of carboxylic acid groups (broad SMARTS) is 1. The number of thioether (sulfide) groups is 1. The van der Waals surface area contributed by atoms with Crippen LogP contribution >= 0.6 is 11.8 Å². The molecule has 2 rings (SSSR count). The maximum absolute atomic E-state index is 12.0. The highest BCUT2D eigenvalue weighted by Crippen LogP contribution is 2.22. The van der Waals surface area contributed by atoms with Crippen molar-refractivity contribution in [1.29, 1.82) is 0 Å². The maximum Gasteiger partial charge on any atom is 0.327 e. The fourth-order valence-electron chi connectivity index (χ4n) is 2.35. The summed E-state index contributed by atoms with van der Waals surface area (Å²) in [6.07, 6.45) is 5.59. The van der Waals surface area contributed by atoms with Crippen molar-refractivity contribution < 1.29 is 14.7 Å². The smallest absolute Gasteiger partial charge is 0.327 e. The fraction of sp³-hybridized carbons (Fsp3) is 0.818. The Morgan fingerprint density at radius 3 is 2.59 bits per heavy atom. The van der Waals surface area contributed by atoms with E-state index >= 15 is 0 Å². The number of hydrogen-bond acceptors (Lipinski definition) is 3. The average molecular weight is 258 g/mol. The van der Waals surface area contributed by atoms with Gasteiger partial charge in [-0.2, -0.15) is 0 Å². The molecule has 1 saturated carbocycles. The summed E-state index contributed by atoms with van der Waals surface area (Å²) in [5, 5.41) is 12.0. The van der Waals surface area contributed by atoms with Crippen molar-refractivity contribution in [1.82, 2.24) is 10.2 Å². The van der Waals surface area contributed by atoms with Gasteiger partial charge >= 0.3 is 12.0 Å². The SMILES string of the molecule is O=C(O)[C@@H]1CSCN1C(=O)NC1CCCCC1. The molecule has 1 aliphatic heterocycles. The molecule has 5 nitrogen and oxygen atoms in total. The fourth-order valence-corrected chi connectivity index (χ4v) is 3.50. The van der Waals surface area contributed by atoms with Crippen molar-refractivity contribution in [2.75, 3.05) is 11.6 Å². The molecule has 0 aromatic rings. The first-order valence-electron chi connectivity index (χ1n) is 6.06. The summed E-state index contributed by atoms with van der Waals surface area (Å²) in [6, 6.07) is -0.644. The van der Waals surface area contributed by atoms with Gasteiger partial charge in [0.05, 0.1) is 5.88 Å². The van der Waals surface area contributed by atoms with Crippen LogP contribution in [0.1, 0.15) is 32.1 Å². The van der Waals surface area contributed by atoms with Crippen molar-refractivity contribution in [3.63, 3.8) is 0 Å². The average Bonchev–Trinajstić information content (AvgIpc) is 2.79. The lowest BCUT2D eigenvalue weighted by Gasteiger charge is -2.27. The van der Waals surface area contributed by atoms with Gasteiger partial charge in [-0.15, -0.1) is 11.8 Å². The highest BCUT2D eigenvalue weighted by atomic mass is 32.2. The van der Waals surface area contributed by atoms with E-state index in [4.69, 9.17) is 5.11 Å². The Hall–Kier alpha value is -0.910. The van der Waals surface area contributed by atoms with E-state index in [0.29, 0.717) is 11.6 Å². The largest absolute Gasteiger partial charge is 0.480 e. The first kappa shape index (κ1) is 12.5. The number of rotatable bonds is 2. The van der Waals surface area contributed by atoms with E-state index in [9.17, 15) is 9.59 Å². The summed E-state index contributed by atoms with van der Waals surface area (Å²) >= 11 is 1.49. The van der Waals surface area contributed by atoms with Gasteiger partial charge in [-0.1, -0.05) is 19.3 Å². The molecule has 0 unspecified atom stereocenters. The van der Waals surface area contributed by atoms with E-state index < -0.39 is 12.0 Å². The number of carboxylic acids is 1. The summed E-state index contributed by atoms with van der Waals surface area (Å²) < 4.78 is 0. The minimum Gasteiger partial charge on any atom is -0.480 e. The maximum atomic E-state index is 12.0. The predicted molar refractivity (Wildman–Crippen MR) is 66.0 cm³/mol. The molecule has 2 fully saturated rings. The van der Waals surface area contributed by atoms with Crippen LogP contribution in [0.3, 0.4) is 0 Å². The van der Waals surface area contributed by atoms with E-state index in [1.807, 2.05) is 0 Å². The second-order valence-corrected chi connectivity index (χ2v) is 5.61. The molecule has 0 aromatic carbocycles. The van der Waals surface area contributed by atoms with Gasteiger partial charge in [0.15, 0.2) is 0 Å². The third-order valence-electron chi connectivity index (χ3n) is 3.36. The summed E-state index contributed by atoms with van der Waals surface area (Å²) in [4.78, 5) is 24.4. The quantitative estimate of drug-likeness (QED) is 0.787. The lowest BCUT2D eigenvalue weighted by atomic mass is 9.96. The molecule has 6 heteroatoms. The van der Waals surface area contributed by atoms with Crippen LogP contribution in [0.2, 0.25) is 0 Å². The van der Waals surface area contributed by atoms with Crippen LogP contribution in [0.5, 0.6) is 0 Å². The summed E-state index contributed by atoms with van der Waals surface area (Å²) in [5.74, 6) is 0.0666. The molecular formula is C11H18N2O3S. The van der Waals surface area contributed by atoms with Crippen LogP contribution in [0.25, 0.3) is 0 Å². The molecule has 1 aliphatic carbocycles. The Balaban J connectivity index is 1.88. The molecular weight excluding hydrogens is 240 g/mol. The highest BCUT2D eigenvalue weighted by molar-refractivity contribution is 7.99. The molecule has 0 aromatic heterocycles. The van der Waals surface area contributed by atoms with E-state index in [-0.39, 0.29) is 12.1 Å². The zero-order valence-electron chi connectivity index (χ0n) is 9.72. The Bertz CT molecular complexity index is 305. The van der Waals surface area contributed by atoms with E-state index in [1.54, 1.807) is 0 Å². The van der Waals surface area contributed by atoms with E-state index in [0.717, 1.165) is 25.7 Å². The molecule has 2 aliphatic rings. The number of carbonyl (C=O) groups excluding carboxylic acids is 1. The lowest BCUT2D eigenvalue weighted by Crippen LogP contribution is -2.50. The number of aliphatic carboxylic acids is 1. The minimum atomic E-state index is -0.909. The standard InChI is InChI=1S/C11H18N2O3S/c14-10(15)9-6-17-7-13(9)11(16)12-8-4-2-1-3-5-8/h8-9H,1-7H2,(H,12,16)(H,14,15)/t9-/m0/s1. The number of urea groups is 1. The van der Waals surface area contributed by atoms with Gasteiger partial charge in [0.1, 0.15) is 6.04 Å². The second kappa shape index (κ2) is 5.62. The highest BCUT2D eigenvalue weighted by Gasteiger charge is 2.35.